The van der Waals surface area contributed by atoms with Crippen LogP contribution in [0.5, 0.6) is 5.75 Å². The summed E-state index contributed by atoms with van der Waals surface area (Å²) < 4.78 is 84.6. The number of amides is 1. The summed E-state index contributed by atoms with van der Waals surface area (Å²) in [7, 11) is -4.23. The zero-order valence-corrected chi connectivity index (χ0v) is 17.7. The Morgan fingerprint density at radius 1 is 0.909 bits per heavy atom. The van der Waals surface area contributed by atoms with Crippen LogP contribution in [0.15, 0.2) is 77.7 Å². The van der Waals surface area contributed by atoms with Gasteiger partial charge in [-0.25, -0.2) is 12.8 Å². The Hall–Kier alpha value is -3.60. The van der Waals surface area contributed by atoms with Crippen LogP contribution in [-0.2, 0) is 21.0 Å². The van der Waals surface area contributed by atoms with Gasteiger partial charge < -0.3 is 10.1 Å². The highest BCUT2D eigenvalue weighted by Crippen LogP contribution is 2.31. The first kappa shape index (κ1) is 24.1. The summed E-state index contributed by atoms with van der Waals surface area (Å²) in [6.07, 6.45) is -4.75. The van der Waals surface area contributed by atoms with E-state index in [2.05, 4.69) is 10.0 Å². The minimum absolute atomic E-state index is 0.000873. The molecule has 0 saturated heterocycles. The monoisotopic (exact) mass is 482 g/mol. The third kappa shape index (κ3) is 6.69. The topological polar surface area (TPSA) is 84.5 Å². The number of ether oxygens (including phenoxy) is 1. The van der Waals surface area contributed by atoms with Crippen LogP contribution >= 0.6 is 0 Å². The number of carbonyl (C=O) groups excluding carboxylic acids is 1. The highest BCUT2D eigenvalue weighted by Gasteiger charge is 2.30. The Kier molecular flexibility index (Phi) is 7.22. The Balaban J connectivity index is 1.63. The van der Waals surface area contributed by atoms with Gasteiger partial charge in [0.25, 0.3) is 10.0 Å². The molecule has 11 heteroatoms. The van der Waals surface area contributed by atoms with Crippen molar-refractivity contribution in [2.24, 2.45) is 0 Å². The van der Waals surface area contributed by atoms with Crippen molar-refractivity contribution in [2.75, 3.05) is 16.6 Å². The fourth-order valence-corrected chi connectivity index (χ4v) is 3.85. The molecule has 0 aliphatic heterocycles. The summed E-state index contributed by atoms with van der Waals surface area (Å²) in [4.78, 5) is 11.9. The third-order valence-electron chi connectivity index (χ3n) is 4.29. The highest BCUT2D eigenvalue weighted by atomic mass is 32.2. The number of para-hydroxylation sites is 1. The molecule has 6 nitrogen and oxygen atoms in total. The van der Waals surface area contributed by atoms with Gasteiger partial charge in [-0.3, -0.25) is 9.52 Å². The molecule has 0 heterocycles. The maximum atomic E-state index is 13.5. The lowest BCUT2D eigenvalue weighted by Gasteiger charge is -2.12. The molecule has 1 amide bonds. The zero-order chi connectivity index (χ0) is 24.1. The quantitative estimate of drug-likeness (QED) is 0.440. The molecule has 3 rings (SSSR count). The molecule has 0 aliphatic carbocycles. The van der Waals surface area contributed by atoms with Crippen LogP contribution in [0.2, 0.25) is 0 Å². The second kappa shape index (κ2) is 9.90. The molecule has 0 aromatic heterocycles. The van der Waals surface area contributed by atoms with Crippen LogP contribution in [0, 0.1) is 5.82 Å². The van der Waals surface area contributed by atoms with Gasteiger partial charge in [-0.05, 0) is 48.5 Å². The summed E-state index contributed by atoms with van der Waals surface area (Å²) in [6, 6.07) is 14.7. The summed E-state index contributed by atoms with van der Waals surface area (Å²) in [5, 5.41) is 2.49. The van der Waals surface area contributed by atoms with E-state index in [9.17, 15) is 30.8 Å². The van der Waals surface area contributed by atoms with Crippen molar-refractivity contribution in [2.45, 2.75) is 17.5 Å². The van der Waals surface area contributed by atoms with Crippen LogP contribution in [0.1, 0.15) is 12.0 Å². The number of hydrogen-bond acceptors (Lipinski definition) is 4. The van der Waals surface area contributed by atoms with E-state index >= 15 is 0 Å². The molecule has 0 unspecified atom stereocenters. The molecule has 33 heavy (non-hydrogen) atoms. The Bertz CT molecular complexity index is 1250. The molecule has 0 aliphatic rings. The van der Waals surface area contributed by atoms with Crippen molar-refractivity contribution >= 4 is 27.3 Å². The summed E-state index contributed by atoms with van der Waals surface area (Å²) >= 11 is 0. The van der Waals surface area contributed by atoms with Crippen molar-refractivity contribution < 1.29 is 35.5 Å². The van der Waals surface area contributed by atoms with E-state index in [0.717, 1.165) is 18.2 Å². The second-order valence-electron chi connectivity index (χ2n) is 6.79. The number of halogens is 4. The van der Waals surface area contributed by atoms with E-state index in [1.54, 1.807) is 6.07 Å². The number of benzene rings is 3. The summed E-state index contributed by atoms with van der Waals surface area (Å²) in [5.74, 6) is -1.07. The summed E-state index contributed by atoms with van der Waals surface area (Å²) in [5.41, 5.74) is -1.11. The molecule has 3 aromatic rings. The van der Waals surface area contributed by atoms with Crippen LogP contribution in [0.3, 0.4) is 0 Å². The highest BCUT2D eigenvalue weighted by molar-refractivity contribution is 7.92. The van der Waals surface area contributed by atoms with Crippen molar-refractivity contribution in [1.29, 1.82) is 0 Å². The van der Waals surface area contributed by atoms with Gasteiger partial charge in [0.15, 0.2) is 11.6 Å². The normalized spacial score (nSPS) is 11.6. The van der Waals surface area contributed by atoms with Gasteiger partial charge in [0, 0.05) is 11.4 Å². The molecule has 174 valence electrons. The number of anilines is 2. The van der Waals surface area contributed by atoms with Crippen molar-refractivity contribution in [3.63, 3.8) is 0 Å². The Morgan fingerprint density at radius 2 is 1.61 bits per heavy atom. The number of carbonyl (C=O) groups is 1. The fraction of sp³-hybridized carbons (Fsp3) is 0.136. The van der Waals surface area contributed by atoms with E-state index < -0.39 is 33.5 Å². The van der Waals surface area contributed by atoms with Gasteiger partial charge in [-0.1, -0.05) is 24.3 Å². The molecule has 0 bridgehead atoms. The molecular weight excluding hydrogens is 464 g/mol. The molecule has 0 radical (unpaired) electrons. The third-order valence-corrected chi connectivity index (χ3v) is 5.67. The zero-order valence-electron chi connectivity index (χ0n) is 16.9. The van der Waals surface area contributed by atoms with Gasteiger partial charge in [0.2, 0.25) is 5.91 Å². The first-order chi connectivity index (χ1) is 15.5. The minimum atomic E-state index is -4.62. The molecule has 0 spiro atoms. The van der Waals surface area contributed by atoms with Gasteiger partial charge in [-0.15, -0.1) is 0 Å². The minimum Gasteiger partial charge on any atom is -0.490 e. The second-order valence-corrected chi connectivity index (χ2v) is 8.47. The van der Waals surface area contributed by atoms with E-state index in [4.69, 9.17) is 4.74 Å². The summed E-state index contributed by atoms with van der Waals surface area (Å²) in [6.45, 7) is -0.109. The van der Waals surface area contributed by atoms with Crippen molar-refractivity contribution in [3.8, 4) is 5.75 Å². The molecule has 0 fully saturated rings. The molecular formula is C22H18F4N2O4S. The SMILES string of the molecule is O=C(CCOc1ccccc1F)Nc1cccc(S(=O)(=O)Nc2cccc(C(F)(F)F)c2)c1. The molecule has 2 N–H and O–H groups in total. The van der Waals surface area contributed by atoms with Crippen LogP contribution in [-0.4, -0.2) is 20.9 Å². The van der Waals surface area contributed by atoms with Gasteiger partial charge in [-0.2, -0.15) is 13.2 Å². The maximum absolute atomic E-state index is 13.5. The predicted octanol–water partition coefficient (Wildman–Crippen LogP) is 5.05. The van der Waals surface area contributed by atoms with Crippen LogP contribution in [0.25, 0.3) is 0 Å². The van der Waals surface area contributed by atoms with Crippen LogP contribution < -0.4 is 14.8 Å². The average molecular weight is 482 g/mol. The number of sulfonamides is 1. The lowest BCUT2D eigenvalue weighted by Crippen LogP contribution is -2.17. The Labute approximate surface area is 187 Å². The number of alkyl halides is 3. The van der Waals surface area contributed by atoms with E-state index in [0.29, 0.717) is 6.07 Å². The number of hydrogen-bond donors (Lipinski definition) is 2. The van der Waals surface area contributed by atoms with Crippen molar-refractivity contribution in [3.05, 3.63) is 84.2 Å². The number of nitrogens with one attached hydrogen (secondary N) is 2. The van der Waals surface area contributed by atoms with E-state index in [1.165, 1.54) is 42.5 Å². The predicted molar refractivity (Wildman–Crippen MR) is 114 cm³/mol. The lowest BCUT2D eigenvalue weighted by atomic mass is 10.2. The van der Waals surface area contributed by atoms with E-state index in [-0.39, 0.29) is 35.0 Å². The van der Waals surface area contributed by atoms with Crippen LogP contribution in [0.4, 0.5) is 28.9 Å². The Morgan fingerprint density at radius 3 is 2.33 bits per heavy atom. The molecule has 3 aromatic carbocycles. The molecule has 0 saturated carbocycles. The largest absolute Gasteiger partial charge is 0.490 e. The molecule has 0 atom stereocenters. The average Bonchev–Trinajstić information content (AvgIpc) is 2.74. The van der Waals surface area contributed by atoms with Crippen molar-refractivity contribution in [1.82, 2.24) is 0 Å². The van der Waals surface area contributed by atoms with E-state index in [1.807, 2.05) is 0 Å². The maximum Gasteiger partial charge on any atom is 0.416 e. The lowest BCUT2D eigenvalue weighted by molar-refractivity contribution is -0.137. The first-order valence-corrected chi connectivity index (χ1v) is 11.0. The van der Waals surface area contributed by atoms with Gasteiger partial charge in [0.05, 0.1) is 23.5 Å². The smallest absolute Gasteiger partial charge is 0.416 e. The first-order valence-electron chi connectivity index (χ1n) is 9.52. The number of rotatable bonds is 8. The van der Waals surface area contributed by atoms with Gasteiger partial charge >= 0.3 is 6.18 Å². The fourth-order valence-electron chi connectivity index (χ4n) is 2.75. The van der Waals surface area contributed by atoms with Gasteiger partial charge in [0.1, 0.15) is 0 Å². The standard InChI is InChI=1S/C22H18F4N2O4S/c23-19-9-1-2-10-20(19)32-12-11-21(29)27-16-6-4-8-18(14-16)33(30,31)28-17-7-3-5-15(13-17)22(24,25)26/h1-10,13-14,28H,11-12H2,(H,27,29).